The van der Waals surface area contributed by atoms with Crippen LogP contribution in [-0.4, -0.2) is 50.9 Å². The van der Waals surface area contributed by atoms with Gasteiger partial charge in [0.1, 0.15) is 11.8 Å². The number of carbonyl (C=O) groups is 2. The molecule has 172 valence electrons. The van der Waals surface area contributed by atoms with Crippen LogP contribution in [0, 0.1) is 13.8 Å². The fourth-order valence-corrected chi connectivity index (χ4v) is 5.26. The second-order valence-electron chi connectivity index (χ2n) is 7.80. The van der Waals surface area contributed by atoms with Gasteiger partial charge in [0.15, 0.2) is 6.61 Å². The van der Waals surface area contributed by atoms with E-state index in [0.717, 1.165) is 11.1 Å². The molecule has 9 heteroatoms. The van der Waals surface area contributed by atoms with Crippen molar-refractivity contribution in [1.29, 1.82) is 0 Å². The molecule has 2 aromatic rings. The summed E-state index contributed by atoms with van der Waals surface area (Å²) in [4.78, 5) is 25.2. The number of piperidine rings is 1. The minimum Gasteiger partial charge on any atom is -0.495 e. The van der Waals surface area contributed by atoms with Crippen LogP contribution in [0.15, 0.2) is 47.4 Å². The fraction of sp³-hybridized carbons (Fsp3) is 0.391. The molecule has 32 heavy (non-hydrogen) atoms. The maximum atomic E-state index is 13.1. The molecule has 0 aliphatic carbocycles. The lowest BCUT2D eigenvalue weighted by Crippen LogP contribution is -2.48. The van der Waals surface area contributed by atoms with Crippen molar-refractivity contribution >= 4 is 27.6 Å². The molecule has 0 aromatic heterocycles. The highest BCUT2D eigenvalue weighted by Gasteiger charge is 2.38. The molecule has 0 radical (unpaired) electrons. The van der Waals surface area contributed by atoms with Crippen molar-refractivity contribution in [2.24, 2.45) is 0 Å². The Kier molecular flexibility index (Phi) is 7.52. The number of sulfonamides is 1. The molecule has 0 bridgehead atoms. The molecule has 1 heterocycles. The first-order valence-electron chi connectivity index (χ1n) is 10.4. The summed E-state index contributed by atoms with van der Waals surface area (Å²) in [7, 11) is -2.37. The molecular formula is C23H28N2O6S. The normalized spacial score (nSPS) is 16.9. The monoisotopic (exact) mass is 460 g/mol. The second kappa shape index (κ2) is 10.1. The van der Waals surface area contributed by atoms with E-state index in [1.165, 1.54) is 23.5 Å². The zero-order chi connectivity index (χ0) is 23.3. The lowest BCUT2D eigenvalue weighted by Gasteiger charge is -2.33. The molecule has 1 atom stereocenters. The number of methoxy groups -OCH3 is 1. The number of anilines is 1. The Balaban J connectivity index is 1.67. The van der Waals surface area contributed by atoms with E-state index in [0.29, 0.717) is 30.7 Å². The number of rotatable bonds is 7. The quantitative estimate of drug-likeness (QED) is 0.638. The largest absolute Gasteiger partial charge is 0.495 e. The Morgan fingerprint density at radius 3 is 2.44 bits per heavy atom. The van der Waals surface area contributed by atoms with Crippen LogP contribution in [0.2, 0.25) is 0 Å². The van der Waals surface area contributed by atoms with E-state index < -0.39 is 34.5 Å². The topological polar surface area (TPSA) is 102 Å². The first-order valence-corrected chi connectivity index (χ1v) is 11.9. The molecule has 1 saturated heterocycles. The van der Waals surface area contributed by atoms with Crippen LogP contribution in [0.25, 0.3) is 0 Å². The minimum atomic E-state index is -3.86. The van der Waals surface area contributed by atoms with Gasteiger partial charge >= 0.3 is 5.97 Å². The van der Waals surface area contributed by atoms with Gasteiger partial charge in [-0.3, -0.25) is 9.59 Å². The van der Waals surface area contributed by atoms with E-state index in [1.807, 2.05) is 19.9 Å². The highest BCUT2D eigenvalue weighted by molar-refractivity contribution is 7.89. The maximum Gasteiger partial charge on any atom is 0.324 e. The lowest BCUT2D eigenvalue weighted by atomic mass is 10.1. The molecule has 0 spiro atoms. The summed E-state index contributed by atoms with van der Waals surface area (Å²) in [5.41, 5.74) is 2.34. The van der Waals surface area contributed by atoms with E-state index >= 15 is 0 Å². The summed E-state index contributed by atoms with van der Waals surface area (Å²) < 4.78 is 37.9. The van der Waals surface area contributed by atoms with Crippen molar-refractivity contribution in [1.82, 2.24) is 4.31 Å². The smallest absolute Gasteiger partial charge is 0.324 e. The van der Waals surface area contributed by atoms with Crippen molar-refractivity contribution in [2.45, 2.75) is 44.0 Å². The Hall–Kier alpha value is -2.91. The van der Waals surface area contributed by atoms with E-state index in [1.54, 1.807) is 24.3 Å². The molecule has 1 N–H and O–H groups in total. The van der Waals surface area contributed by atoms with Gasteiger partial charge in [0.05, 0.1) is 17.7 Å². The van der Waals surface area contributed by atoms with Crippen LogP contribution < -0.4 is 10.1 Å². The summed E-state index contributed by atoms with van der Waals surface area (Å²) in [5.74, 6) is -0.782. The lowest BCUT2D eigenvalue weighted by molar-refractivity contribution is -0.152. The number of hydrogen-bond acceptors (Lipinski definition) is 6. The van der Waals surface area contributed by atoms with E-state index in [9.17, 15) is 18.0 Å². The average Bonchev–Trinajstić information content (AvgIpc) is 2.78. The van der Waals surface area contributed by atoms with Crippen LogP contribution in [0.3, 0.4) is 0 Å². The zero-order valence-electron chi connectivity index (χ0n) is 18.5. The summed E-state index contributed by atoms with van der Waals surface area (Å²) >= 11 is 0. The molecule has 2 aromatic carbocycles. The highest BCUT2D eigenvalue weighted by atomic mass is 32.2. The van der Waals surface area contributed by atoms with Gasteiger partial charge in [-0.15, -0.1) is 0 Å². The van der Waals surface area contributed by atoms with Crippen molar-refractivity contribution in [3.05, 3.63) is 53.6 Å². The number of esters is 1. The van der Waals surface area contributed by atoms with Crippen LogP contribution >= 0.6 is 0 Å². The average molecular weight is 461 g/mol. The number of carbonyl (C=O) groups excluding carboxylic acids is 2. The molecule has 3 rings (SSSR count). The molecule has 1 unspecified atom stereocenters. The Morgan fingerprint density at radius 2 is 1.75 bits per heavy atom. The molecule has 8 nitrogen and oxygen atoms in total. The second-order valence-corrected chi connectivity index (χ2v) is 9.69. The number of nitrogens with one attached hydrogen (secondary N) is 1. The number of benzene rings is 2. The van der Waals surface area contributed by atoms with Crippen molar-refractivity contribution in [3.8, 4) is 5.75 Å². The molecular weight excluding hydrogens is 432 g/mol. The van der Waals surface area contributed by atoms with Gasteiger partial charge in [-0.1, -0.05) is 23.8 Å². The van der Waals surface area contributed by atoms with Gasteiger partial charge < -0.3 is 14.8 Å². The first kappa shape index (κ1) is 23.7. The Bertz CT molecular complexity index is 1080. The predicted molar refractivity (Wildman–Crippen MR) is 120 cm³/mol. The van der Waals surface area contributed by atoms with E-state index in [-0.39, 0.29) is 11.4 Å². The highest BCUT2D eigenvalue weighted by Crippen LogP contribution is 2.27. The summed E-state index contributed by atoms with van der Waals surface area (Å²) in [5, 5.41) is 2.66. The van der Waals surface area contributed by atoms with Gasteiger partial charge in [-0.05, 0) is 62.9 Å². The SMILES string of the molecule is COc1ccc(C)cc1NC(=O)COC(=O)C1CCCCN1S(=O)(=O)c1ccc(C)cc1. The van der Waals surface area contributed by atoms with E-state index in [4.69, 9.17) is 9.47 Å². The zero-order valence-corrected chi connectivity index (χ0v) is 19.3. The molecule has 0 saturated carbocycles. The third-order valence-corrected chi connectivity index (χ3v) is 7.25. The third-order valence-electron chi connectivity index (χ3n) is 5.33. The van der Waals surface area contributed by atoms with Crippen LogP contribution in [0.4, 0.5) is 5.69 Å². The van der Waals surface area contributed by atoms with Crippen molar-refractivity contribution in [3.63, 3.8) is 0 Å². The van der Waals surface area contributed by atoms with Gasteiger partial charge in [0.25, 0.3) is 5.91 Å². The standard InChI is InChI=1S/C23H28N2O6S/c1-16-7-10-18(11-8-16)32(28,29)25-13-5-4-6-20(25)23(27)31-15-22(26)24-19-14-17(2)9-12-21(19)30-3/h7-12,14,20H,4-6,13,15H2,1-3H3,(H,24,26). The number of amides is 1. The Morgan fingerprint density at radius 1 is 1.06 bits per heavy atom. The molecule has 1 fully saturated rings. The molecule has 1 aliphatic heterocycles. The number of aryl methyl sites for hydroxylation is 2. The number of hydrogen-bond donors (Lipinski definition) is 1. The molecule has 1 amide bonds. The molecule has 1 aliphatic rings. The predicted octanol–water partition coefficient (Wildman–Crippen LogP) is 3.04. The van der Waals surface area contributed by atoms with Crippen LogP contribution in [-0.2, 0) is 24.3 Å². The minimum absolute atomic E-state index is 0.132. The van der Waals surface area contributed by atoms with Gasteiger partial charge in [-0.25, -0.2) is 8.42 Å². The number of ether oxygens (including phenoxy) is 2. The summed E-state index contributed by atoms with van der Waals surface area (Å²) in [6.45, 7) is 3.45. The van der Waals surface area contributed by atoms with Crippen molar-refractivity contribution in [2.75, 3.05) is 25.6 Å². The first-order chi connectivity index (χ1) is 15.2. The Labute approximate surface area is 188 Å². The van der Waals surface area contributed by atoms with Crippen molar-refractivity contribution < 1.29 is 27.5 Å². The van der Waals surface area contributed by atoms with Gasteiger partial charge in [0.2, 0.25) is 10.0 Å². The van der Waals surface area contributed by atoms with Gasteiger partial charge in [0, 0.05) is 6.54 Å². The third kappa shape index (κ3) is 5.46. The number of nitrogens with zero attached hydrogens (tertiary/aromatic N) is 1. The maximum absolute atomic E-state index is 13.1. The van der Waals surface area contributed by atoms with Gasteiger partial charge in [-0.2, -0.15) is 4.31 Å². The van der Waals surface area contributed by atoms with E-state index in [2.05, 4.69) is 5.32 Å². The summed E-state index contributed by atoms with van der Waals surface area (Å²) in [6, 6.07) is 10.9. The summed E-state index contributed by atoms with van der Waals surface area (Å²) in [6.07, 6.45) is 1.70. The van der Waals surface area contributed by atoms with Crippen LogP contribution in [0.1, 0.15) is 30.4 Å². The fourth-order valence-electron chi connectivity index (χ4n) is 3.61. The van der Waals surface area contributed by atoms with Crippen LogP contribution in [0.5, 0.6) is 5.75 Å².